The zero-order chi connectivity index (χ0) is 19.0. The van der Waals surface area contributed by atoms with Gasteiger partial charge in [0, 0.05) is 29.4 Å². The number of rotatable bonds is 3. The van der Waals surface area contributed by atoms with Gasteiger partial charge in [-0.25, -0.2) is 0 Å². The van der Waals surface area contributed by atoms with E-state index in [2.05, 4.69) is 13.0 Å². The van der Waals surface area contributed by atoms with E-state index in [1.54, 1.807) is 4.90 Å². The molecule has 138 valence electrons. The van der Waals surface area contributed by atoms with Crippen molar-refractivity contribution in [2.45, 2.75) is 39.0 Å². The number of anilines is 1. The molecule has 1 heterocycles. The number of carbonyl (C=O) groups excluding carboxylic acids is 1. The van der Waals surface area contributed by atoms with E-state index in [1.807, 2.05) is 43.4 Å². The molecule has 1 amide bonds. The molecule has 2 aromatic carbocycles. The Hall–Kier alpha value is -2.39. The Morgan fingerprint density at radius 2 is 1.93 bits per heavy atom. The Morgan fingerprint density at radius 3 is 2.74 bits per heavy atom. The van der Waals surface area contributed by atoms with Crippen LogP contribution >= 0.6 is 11.6 Å². The SMILES string of the molecule is CCc1ccccc1N(C)C(=O)c1ccc2c(Cl)c3c(nc2c1)CCCC3. The molecule has 0 N–H and O–H groups in total. The van der Waals surface area contributed by atoms with Crippen LogP contribution in [0.15, 0.2) is 42.5 Å². The summed E-state index contributed by atoms with van der Waals surface area (Å²) in [6, 6.07) is 13.7. The van der Waals surface area contributed by atoms with Crippen molar-refractivity contribution in [3.8, 4) is 0 Å². The van der Waals surface area contributed by atoms with Crippen LogP contribution in [0.2, 0.25) is 5.02 Å². The number of hydrogen-bond donors (Lipinski definition) is 0. The zero-order valence-electron chi connectivity index (χ0n) is 15.8. The molecule has 0 unspecified atom stereocenters. The molecule has 0 saturated heterocycles. The standard InChI is InChI=1S/C23H23ClN2O/c1-3-15-8-4-7-11-21(15)26(2)23(27)16-12-13-18-20(14-16)25-19-10-6-5-9-17(19)22(18)24/h4,7-8,11-14H,3,5-6,9-10H2,1-2H3. The fraction of sp³-hybridized carbons (Fsp3) is 0.304. The molecular formula is C23H23ClN2O. The minimum atomic E-state index is -0.0338. The Kier molecular flexibility index (Phi) is 4.88. The number of amides is 1. The number of hydrogen-bond acceptors (Lipinski definition) is 2. The van der Waals surface area contributed by atoms with Crippen LogP contribution in [0.4, 0.5) is 5.69 Å². The lowest BCUT2D eigenvalue weighted by Crippen LogP contribution is -2.27. The van der Waals surface area contributed by atoms with Crippen LogP contribution in [0.3, 0.4) is 0 Å². The number of aromatic nitrogens is 1. The minimum absolute atomic E-state index is 0.0338. The van der Waals surface area contributed by atoms with Crippen LogP contribution in [-0.2, 0) is 19.3 Å². The van der Waals surface area contributed by atoms with Gasteiger partial charge in [-0.05, 0) is 61.4 Å². The van der Waals surface area contributed by atoms with E-state index in [9.17, 15) is 4.79 Å². The van der Waals surface area contributed by atoms with E-state index >= 15 is 0 Å². The summed E-state index contributed by atoms with van der Waals surface area (Å²) >= 11 is 6.65. The summed E-state index contributed by atoms with van der Waals surface area (Å²) in [6.45, 7) is 2.10. The second kappa shape index (κ2) is 7.32. The second-order valence-electron chi connectivity index (χ2n) is 7.14. The van der Waals surface area contributed by atoms with Gasteiger partial charge in [-0.2, -0.15) is 0 Å². The molecule has 0 atom stereocenters. The predicted molar refractivity (Wildman–Crippen MR) is 112 cm³/mol. The lowest BCUT2D eigenvalue weighted by Gasteiger charge is -2.21. The number of carbonyl (C=O) groups is 1. The molecule has 4 rings (SSSR count). The Labute approximate surface area is 165 Å². The summed E-state index contributed by atoms with van der Waals surface area (Å²) in [4.78, 5) is 19.6. The van der Waals surface area contributed by atoms with Crippen molar-refractivity contribution in [2.75, 3.05) is 11.9 Å². The van der Waals surface area contributed by atoms with E-state index in [0.717, 1.165) is 65.0 Å². The maximum absolute atomic E-state index is 13.1. The van der Waals surface area contributed by atoms with Gasteiger partial charge in [-0.3, -0.25) is 9.78 Å². The van der Waals surface area contributed by atoms with E-state index in [-0.39, 0.29) is 5.91 Å². The van der Waals surface area contributed by atoms with Gasteiger partial charge in [0.05, 0.1) is 10.5 Å². The number of benzene rings is 2. The fourth-order valence-corrected chi connectivity index (χ4v) is 4.30. The number of halogens is 1. The average Bonchev–Trinajstić information content (AvgIpc) is 2.72. The molecule has 3 aromatic rings. The van der Waals surface area contributed by atoms with Crippen LogP contribution in [0, 0.1) is 0 Å². The molecule has 1 aromatic heterocycles. The van der Waals surface area contributed by atoms with Crippen molar-refractivity contribution >= 4 is 34.1 Å². The van der Waals surface area contributed by atoms with Gasteiger partial charge in [-0.15, -0.1) is 0 Å². The van der Waals surface area contributed by atoms with Gasteiger partial charge in [0.15, 0.2) is 0 Å². The predicted octanol–water partition coefficient (Wildman–Crippen LogP) is 5.61. The van der Waals surface area contributed by atoms with Crippen molar-refractivity contribution in [1.82, 2.24) is 4.98 Å². The van der Waals surface area contributed by atoms with Crippen molar-refractivity contribution in [3.05, 3.63) is 69.9 Å². The Morgan fingerprint density at radius 1 is 1.15 bits per heavy atom. The monoisotopic (exact) mass is 378 g/mol. The average molecular weight is 379 g/mol. The lowest BCUT2D eigenvalue weighted by atomic mass is 9.94. The van der Waals surface area contributed by atoms with Crippen molar-refractivity contribution in [1.29, 1.82) is 0 Å². The van der Waals surface area contributed by atoms with E-state index in [1.165, 1.54) is 5.56 Å². The lowest BCUT2D eigenvalue weighted by molar-refractivity contribution is 0.0993. The molecule has 0 aliphatic heterocycles. The Bertz CT molecular complexity index is 1030. The molecule has 0 spiro atoms. The molecular weight excluding hydrogens is 356 g/mol. The molecule has 1 aliphatic rings. The van der Waals surface area contributed by atoms with Crippen molar-refractivity contribution in [3.63, 3.8) is 0 Å². The molecule has 3 nitrogen and oxygen atoms in total. The quantitative estimate of drug-likeness (QED) is 0.593. The van der Waals surface area contributed by atoms with E-state index in [4.69, 9.17) is 16.6 Å². The number of fused-ring (bicyclic) bond motifs is 2. The van der Waals surface area contributed by atoms with Crippen molar-refractivity contribution < 1.29 is 4.79 Å². The highest BCUT2D eigenvalue weighted by Crippen LogP contribution is 2.33. The minimum Gasteiger partial charge on any atom is -0.311 e. The molecule has 0 radical (unpaired) electrons. The molecule has 1 aliphatic carbocycles. The summed E-state index contributed by atoms with van der Waals surface area (Å²) in [7, 11) is 1.83. The maximum Gasteiger partial charge on any atom is 0.258 e. The number of para-hydroxylation sites is 1. The van der Waals surface area contributed by atoms with Crippen LogP contribution in [-0.4, -0.2) is 17.9 Å². The first-order chi connectivity index (χ1) is 13.1. The largest absolute Gasteiger partial charge is 0.311 e. The van der Waals surface area contributed by atoms with Gasteiger partial charge in [0.25, 0.3) is 5.91 Å². The third-order valence-corrected chi connectivity index (χ3v) is 5.91. The summed E-state index contributed by atoms with van der Waals surface area (Å²) in [5, 5.41) is 1.74. The topological polar surface area (TPSA) is 33.2 Å². The molecule has 0 saturated carbocycles. The molecule has 27 heavy (non-hydrogen) atoms. The highest BCUT2D eigenvalue weighted by molar-refractivity contribution is 6.36. The van der Waals surface area contributed by atoms with E-state index in [0.29, 0.717) is 5.56 Å². The first kappa shape index (κ1) is 18.0. The van der Waals surface area contributed by atoms with Gasteiger partial charge in [0.2, 0.25) is 0 Å². The fourth-order valence-electron chi connectivity index (χ4n) is 3.94. The van der Waals surface area contributed by atoms with Gasteiger partial charge >= 0.3 is 0 Å². The first-order valence-electron chi connectivity index (χ1n) is 9.57. The molecule has 0 bridgehead atoms. The number of pyridine rings is 1. The molecule has 4 heteroatoms. The van der Waals surface area contributed by atoms with Gasteiger partial charge in [-0.1, -0.05) is 42.8 Å². The Balaban J connectivity index is 1.74. The third kappa shape index (κ3) is 3.21. The smallest absolute Gasteiger partial charge is 0.258 e. The van der Waals surface area contributed by atoms with Crippen LogP contribution in [0.1, 0.15) is 46.9 Å². The third-order valence-electron chi connectivity index (χ3n) is 5.48. The summed E-state index contributed by atoms with van der Waals surface area (Å²) in [5.41, 5.74) is 5.82. The van der Waals surface area contributed by atoms with Crippen LogP contribution in [0.5, 0.6) is 0 Å². The number of aryl methyl sites for hydroxylation is 2. The summed E-state index contributed by atoms with van der Waals surface area (Å²) in [6.07, 6.45) is 5.16. The summed E-state index contributed by atoms with van der Waals surface area (Å²) in [5.74, 6) is -0.0338. The highest BCUT2D eigenvalue weighted by Gasteiger charge is 2.20. The number of nitrogens with zero attached hydrogens (tertiary/aromatic N) is 2. The van der Waals surface area contributed by atoms with Gasteiger partial charge < -0.3 is 4.90 Å². The zero-order valence-corrected chi connectivity index (χ0v) is 16.5. The van der Waals surface area contributed by atoms with Crippen LogP contribution in [0.25, 0.3) is 10.9 Å². The van der Waals surface area contributed by atoms with Crippen molar-refractivity contribution in [2.24, 2.45) is 0 Å². The summed E-state index contributed by atoms with van der Waals surface area (Å²) < 4.78 is 0. The van der Waals surface area contributed by atoms with E-state index < -0.39 is 0 Å². The molecule has 0 fully saturated rings. The van der Waals surface area contributed by atoms with Gasteiger partial charge in [0.1, 0.15) is 0 Å². The second-order valence-corrected chi connectivity index (χ2v) is 7.51. The maximum atomic E-state index is 13.1. The normalized spacial score (nSPS) is 13.4. The highest BCUT2D eigenvalue weighted by atomic mass is 35.5. The van der Waals surface area contributed by atoms with Crippen LogP contribution < -0.4 is 4.90 Å². The first-order valence-corrected chi connectivity index (χ1v) is 9.95.